The van der Waals surface area contributed by atoms with Crippen molar-refractivity contribution in [2.75, 3.05) is 13.7 Å². The van der Waals surface area contributed by atoms with E-state index in [1.807, 2.05) is 80.7 Å². The molecule has 0 spiro atoms. The number of aliphatic hydroxyl groups excluding tert-OH is 4. The van der Waals surface area contributed by atoms with Gasteiger partial charge >= 0.3 is 6.03 Å². The molecule has 11 heteroatoms. The number of hydrogen-bond acceptors (Lipinski definition) is 9. The smallest absolute Gasteiger partial charge is 0.312 e. The van der Waals surface area contributed by atoms with Crippen molar-refractivity contribution in [2.24, 2.45) is 11.7 Å². The van der Waals surface area contributed by atoms with Crippen LogP contribution in [-0.2, 0) is 14.2 Å². The molecule has 8 atom stereocenters. The second-order valence-electron chi connectivity index (χ2n) is 10.3. The second-order valence-corrected chi connectivity index (χ2v) is 10.3. The van der Waals surface area contributed by atoms with Gasteiger partial charge in [0, 0.05) is 19.4 Å². The number of nitrogens with one attached hydrogen (secondary N) is 1. The largest absolute Gasteiger partial charge is 0.392 e. The van der Waals surface area contributed by atoms with Gasteiger partial charge in [0.2, 0.25) is 0 Å². The van der Waals surface area contributed by atoms with Gasteiger partial charge in [-0.2, -0.15) is 0 Å². The van der Waals surface area contributed by atoms with Crippen molar-refractivity contribution in [1.29, 1.82) is 0 Å². The van der Waals surface area contributed by atoms with Crippen molar-refractivity contribution < 1.29 is 44.5 Å². The zero-order valence-electron chi connectivity index (χ0n) is 25.3. The summed E-state index contributed by atoms with van der Waals surface area (Å²) in [5.74, 6) is 0.0320. The van der Waals surface area contributed by atoms with Gasteiger partial charge in [0.25, 0.3) is 0 Å². The quantitative estimate of drug-likeness (QED) is 0.0856. The van der Waals surface area contributed by atoms with Crippen LogP contribution in [0.3, 0.4) is 0 Å². The Morgan fingerprint density at radius 1 is 0.907 bits per heavy atom. The molecule has 0 aromatic carbocycles. The molecular formula is C32H50N2O9. The SMILES string of the molecule is CO[C@@H](C)C[C@H](O)[C@@H](C)/C=C/C=C/C=C/C=C/C=C/C=C/C=C/[C@@H](CC[C@H](NC(N)=O)C(O)O)O[C@@H]1OC[C@@H](O)C[C@@H]1O. The molecule has 0 bridgehead atoms. The Labute approximate surface area is 255 Å². The van der Waals surface area contributed by atoms with Crippen LogP contribution in [0.5, 0.6) is 0 Å². The number of urea groups is 1. The molecule has 2 amide bonds. The van der Waals surface area contributed by atoms with E-state index in [-0.39, 0.29) is 37.9 Å². The molecule has 0 radical (unpaired) electrons. The highest BCUT2D eigenvalue weighted by atomic mass is 16.7. The summed E-state index contributed by atoms with van der Waals surface area (Å²) in [7, 11) is 1.64. The summed E-state index contributed by atoms with van der Waals surface area (Å²) < 4.78 is 16.4. The van der Waals surface area contributed by atoms with E-state index in [0.29, 0.717) is 6.42 Å². The number of amides is 2. The fourth-order valence-electron chi connectivity index (χ4n) is 3.96. The van der Waals surface area contributed by atoms with Crippen LogP contribution in [0.2, 0.25) is 0 Å². The molecule has 0 aromatic heterocycles. The van der Waals surface area contributed by atoms with E-state index < -0.39 is 49.1 Å². The van der Waals surface area contributed by atoms with Crippen LogP contribution in [0.15, 0.2) is 85.1 Å². The summed E-state index contributed by atoms with van der Waals surface area (Å²) >= 11 is 0. The minimum atomic E-state index is -1.81. The molecule has 0 unspecified atom stereocenters. The van der Waals surface area contributed by atoms with Crippen molar-refractivity contribution in [2.45, 2.75) is 88.7 Å². The molecule has 11 nitrogen and oxygen atoms in total. The van der Waals surface area contributed by atoms with Gasteiger partial charge in [-0.1, -0.05) is 92.0 Å². The lowest BCUT2D eigenvalue weighted by Gasteiger charge is -2.33. The molecule has 242 valence electrons. The van der Waals surface area contributed by atoms with E-state index in [4.69, 9.17) is 19.9 Å². The van der Waals surface area contributed by atoms with Gasteiger partial charge in [-0.15, -0.1) is 0 Å². The minimum absolute atomic E-state index is 0.0195. The van der Waals surface area contributed by atoms with Crippen LogP contribution in [-0.4, -0.2) is 94.4 Å². The highest BCUT2D eigenvalue weighted by Gasteiger charge is 2.31. The molecular weight excluding hydrogens is 556 g/mol. The zero-order chi connectivity index (χ0) is 32.0. The number of nitrogens with two attached hydrogens (primary N) is 1. The molecule has 1 heterocycles. The van der Waals surface area contributed by atoms with Crippen LogP contribution in [0, 0.1) is 5.92 Å². The van der Waals surface area contributed by atoms with Gasteiger partial charge in [-0.05, 0) is 26.2 Å². The third-order valence-electron chi connectivity index (χ3n) is 6.58. The number of ether oxygens (including phenoxy) is 3. The molecule has 8 N–H and O–H groups in total. The van der Waals surface area contributed by atoms with Gasteiger partial charge in [-0.25, -0.2) is 4.79 Å². The van der Waals surface area contributed by atoms with Gasteiger partial charge in [0.15, 0.2) is 12.6 Å². The molecule has 1 saturated heterocycles. The summed E-state index contributed by atoms with van der Waals surface area (Å²) in [6.45, 7) is 3.93. The topological polar surface area (TPSA) is 184 Å². The van der Waals surface area contributed by atoms with E-state index in [2.05, 4.69) is 5.32 Å². The maximum atomic E-state index is 11.2. The Bertz CT molecular complexity index is 974. The number of aliphatic hydroxyl groups is 5. The first-order valence-corrected chi connectivity index (χ1v) is 14.5. The third-order valence-corrected chi connectivity index (χ3v) is 6.58. The van der Waals surface area contributed by atoms with E-state index in [1.54, 1.807) is 25.3 Å². The Morgan fingerprint density at radius 3 is 1.93 bits per heavy atom. The average Bonchev–Trinajstić information content (AvgIpc) is 2.95. The summed E-state index contributed by atoms with van der Waals surface area (Å²) in [4.78, 5) is 11.2. The Hall–Kier alpha value is -2.87. The highest BCUT2D eigenvalue weighted by Crippen LogP contribution is 2.20. The van der Waals surface area contributed by atoms with E-state index in [1.165, 1.54) is 0 Å². The number of methoxy groups -OCH3 is 1. The van der Waals surface area contributed by atoms with Gasteiger partial charge in [0.1, 0.15) is 6.10 Å². The molecule has 1 fully saturated rings. The Kier molecular flexibility index (Phi) is 20.1. The van der Waals surface area contributed by atoms with Gasteiger partial charge in [-0.3, -0.25) is 0 Å². The van der Waals surface area contributed by atoms with Crippen molar-refractivity contribution in [3.63, 3.8) is 0 Å². The third kappa shape index (κ3) is 18.4. The van der Waals surface area contributed by atoms with Gasteiger partial charge < -0.3 is 50.8 Å². The lowest BCUT2D eigenvalue weighted by Crippen LogP contribution is -2.47. The normalized spacial score (nSPS) is 24.0. The van der Waals surface area contributed by atoms with E-state index >= 15 is 0 Å². The number of primary amides is 1. The summed E-state index contributed by atoms with van der Waals surface area (Å²) in [5.41, 5.74) is 5.11. The maximum absolute atomic E-state index is 11.2. The Balaban J connectivity index is 2.57. The molecule has 1 aliphatic rings. The van der Waals surface area contributed by atoms with Crippen LogP contribution in [0.25, 0.3) is 0 Å². The summed E-state index contributed by atoms with van der Waals surface area (Å²) in [6.07, 6.45) is 21.5. The fraction of sp³-hybridized carbons (Fsp3) is 0.531. The second kappa shape index (κ2) is 22.6. The number of allylic oxidation sites excluding steroid dienone is 12. The Morgan fingerprint density at radius 2 is 1.44 bits per heavy atom. The molecule has 0 aliphatic carbocycles. The number of rotatable bonds is 19. The fourth-order valence-corrected chi connectivity index (χ4v) is 3.96. The summed E-state index contributed by atoms with van der Waals surface area (Å²) in [5, 5.41) is 51.3. The van der Waals surface area contributed by atoms with Crippen molar-refractivity contribution in [3.8, 4) is 0 Å². The van der Waals surface area contributed by atoms with Gasteiger partial charge in [0.05, 0.1) is 37.1 Å². The molecule has 0 saturated carbocycles. The molecule has 0 aromatic rings. The molecule has 1 aliphatic heterocycles. The standard InChI is InChI=1S/C32H50N2O9/c1-23(28(36)20-24(2)41-3)16-14-12-10-8-6-4-5-7-9-11-13-15-17-26(18-19-27(30(38)39)34-32(33)40)43-31-29(37)21-25(35)22-42-31/h4-17,23-31,35-39H,18-22H2,1-3H3,(H3,33,34,40)/b5-4+,8-6+,9-7+,12-10+,13-11+,16-14+,17-15+/t23-,24-,25-,26-,27-,28-,29-,31-/m0/s1. The van der Waals surface area contributed by atoms with Crippen LogP contribution in [0.1, 0.15) is 39.5 Å². The maximum Gasteiger partial charge on any atom is 0.312 e. The first kappa shape index (κ1) is 38.2. The van der Waals surface area contributed by atoms with Crippen molar-refractivity contribution in [1.82, 2.24) is 5.32 Å². The lowest BCUT2D eigenvalue weighted by atomic mass is 9.99. The van der Waals surface area contributed by atoms with E-state index in [9.17, 15) is 30.3 Å². The first-order valence-electron chi connectivity index (χ1n) is 14.5. The zero-order valence-corrected chi connectivity index (χ0v) is 25.3. The first-order chi connectivity index (χ1) is 20.5. The van der Waals surface area contributed by atoms with E-state index in [0.717, 1.165) is 0 Å². The minimum Gasteiger partial charge on any atom is -0.392 e. The molecule has 43 heavy (non-hydrogen) atoms. The van der Waals surface area contributed by atoms with Crippen molar-refractivity contribution >= 4 is 6.03 Å². The number of carbonyl (C=O) groups is 1. The van der Waals surface area contributed by atoms with Crippen LogP contribution in [0.4, 0.5) is 4.79 Å². The average molecular weight is 607 g/mol. The number of hydrogen-bond donors (Lipinski definition) is 7. The van der Waals surface area contributed by atoms with Crippen LogP contribution >= 0.6 is 0 Å². The highest BCUT2D eigenvalue weighted by molar-refractivity contribution is 5.72. The lowest BCUT2D eigenvalue weighted by molar-refractivity contribution is -0.247. The van der Waals surface area contributed by atoms with Crippen molar-refractivity contribution in [3.05, 3.63) is 85.1 Å². The van der Waals surface area contributed by atoms with Crippen LogP contribution < -0.4 is 11.1 Å². The molecule has 1 rings (SSSR count). The summed E-state index contributed by atoms with van der Waals surface area (Å²) in [6, 6.07) is -1.88. The predicted octanol–water partition coefficient (Wildman–Crippen LogP) is 2.28. The predicted molar refractivity (Wildman–Crippen MR) is 165 cm³/mol. The monoisotopic (exact) mass is 606 g/mol. The number of carbonyl (C=O) groups excluding carboxylic acids is 1.